The summed E-state index contributed by atoms with van der Waals surface area (Å²) in [6, 6.07) is 3.07. The summed E-state index contributed by atoms with van der Waals surface area (Å²) in [5, 5.41) is 13.9. The van der Waals surface area contributed by atoms with Gasteiger partial charge in [-0.2, -0.15) is 0 Å². The van der Waals surface area contributed by atoms with Crippen LogP contribution in [-0.2, 0) is 16.3 Å². The minimum atomic E-state index is -3.69. The minimum absolute atomic E-state index is 0.115. The summed E-state index contributed by atoms with van der Waals surface area (Å²) >= 11 is 1.29. The Bertz CT molecular complexity index is 918. The zero-order chi connectivity index (χ0) is 18.1. The molecule has 128 valence electrons. The fourth-order valence-electron chi connectivity index (χ4n) is 2.01. The molecule has 1 amide bonds. The van der Waals surface area contributed by atoms with Gasteiger partial charge in [0.2, 0.25) is 0 Å². The molecule has 2 rings (SSSR count). The van der Waals surface area contributed by atoms with Crippen LogP contribution in [0.4, 0.5) is 10.8 Å². The maximum atomic E-state index is 12.3. The zero-order valence-electron chi connectivity index (χ0n) is 13.2. The van der Waals surface area contributed by atoms with Crippen molar-refractivity contribution in [2.75, 3.05) is 11.6 Å². The fourth-order valence-corrected chi connectivity index (χ4v) is 3.59. The van der Waals surface area contributed by atoms with Gasteiger partial charge in [-0.25, -0.2) is 13.4 Å². The predicted octanol–water partition coefficient (Wildman–Crippen LogP) is 2.58. The number of amides is 1. The lowest BCUT2D eigenvalue weighted by Gasteiger charge is -2.05. The van der Waals surface area contributed by atoms with Crippen molar-refractivity contribution in [1.82, 2.24) is 4.98 Å². The molecule has 1 N–H and O–H groups in total. The number of carbonyl (C=O) groups is 1. The van der Waals surface area contributed by atoms with Crippen LogP contribution in [0, 0.1) is 17.0 Å². The highest BCUT2D eigenvalue weighted by molar-refractivity contribution is 7.90. The molecular weight excluding hydrogens is 354 g/mol. The van der Waals surface area contributed by atoms with Gasteiger partial charge in [0, 0.05) is 28.8 Å². The minimum Gasteiger partial charge on any atom is -0.298 e. The molecule has 0 bridgehead atoms. The Morgan fingerprint density at radius 3 is 2.54 bits per heavy atom. The topological polar surface area (TPSA) is 119 Å². The van der Waals surface area contributed by atoms with Crippen molar-refractivity contribution in [3.05, 3.63) is 44.4 Å². The maximum Gasteiger partial charge on any atom is 0.271 e. The summed E-state index contributed by atoms with van der Waals surface area (Å²) in [5.41, 5.74) is 0.273. The molecule has 1 aromatic carbocycles. The van der Waals surface area contributed by atoms with E-state index in [1.54, 1.807) is 0 Å². The molecule has 10 heteroatoms. The summed E-state index contributed by atoms with van der Waals surface area (Å²) < 4.78 is 23.3. The van der Waals surface area contributed by atoms with Gasteiger partial charge >= 0.3 is 0 Å². The third-order valence-electron chi connectivity index (χ3n) is 3.24. The van der Waals surface area contributed by atoms with Gasteiger partial charge in [0.25, 0.3) is 11.6 Å². The van der Waals surface area contributed by atoms with Gasteiger partial charge in [0.15, 0.2) is 15.0 Å². The molecule has 0 unspecified atom stereocenters. The standard InChI is InChI=1S/C14H15N3O5S2/c1-4-12-8(2)23-14(15-12)16-13(18)9-5-10(17(19)20)7-11(6-9)24(3,21)22/h5-7H,4H2,1-3H3,(H,15,16,18). The molecule has 0 atom stereocenters. The number of sulfone groups is 1. The van der Waals surface area contributed by atoms with Crippen molar-refractivity contribution < 1.29 is 18.1 Å². The number of aromatic nitrogens is 1. The first-order valence-electron chi connectivity index (χ1n) is 6.89. The van der Waals surface area contributed by atoms with Gasteiger partial charge in [0.05, 0.1) is 15.5 Å². The van der Waals surface area contributed by atoms with Gasteiger partial charge in [-0.15, -0.1) is 11.3 Å². The molecule has 24 heavy (non-hydrogen) atoms. The fraction of sp³-hybridized carbons (Fsp3) is 0.286. The first-order chi connectivity index (χ1) is 11.1. The van der Waals surface area contributed by atoms with E-state index in [9.17, 15) is 23.3 Å². The van der Waals surface area contributed by atoms with E-state index in [4.69, 9.17) is 0 Å². The van der Waals surface area contributed by atoms with Crippen LogP contribution >= 0.6 is 11.3 Å². The lowest BCUT2D eigenvalue weighted by Crippen LogP contribution is -2.13. The molecule has 0 aliphatic rings. The van der Waals surface area contributed by atoms with Gasteiger partial charge in [0.1, 0.15) is 0 Å². The normalized spacial score (nSPS) is 11.3. The summed E-state index contributed by atoms with van der Waals surface area (Å²) in [4.78, 5) is 27.5. The lowest BCUT2D eigenvalue weighted by atomic mass is 10.2. The molecule has 0 radical (unpaired) electrons. The molecule has 0 aliphatic heterocycles. The smallest absolute Gasteiger partial charge is 0.271 e. The van der Waals surface area contributed by atoms with Crippen LogP contribution in [0.2, 0.25) is 0 Å². The number of nitrogens with one attached hydrogen (secondary N) is 1. The highest BCUT2D eigenvalue weighted by atomic mass is 32.2. The molecule has 0 saturated carbocycles. The highest BCUT2D eigenvalue weighted by Gasteiger charge is 2.20. The Labute approximate surface area is 142 Å². The monoisotopic (exact) mass is 369 g/mol. The second kappa shape index (κ2) is 6.65. The van der Waals surface area contributed by atoms with Crippen LogP contribution in [0.1, 0.15) is 27.9 Å². The number of anilines is 1. The number of non-ortho nitro benzene ring substituents is 1. The van der Waals surface area contributed by atoms with Crippen molar-refractivity contribution in [1.29, 1.82) is 0 Å². The number of hydrogen-bond donors (Lipinski definition) is 1. The van der Waals surface area contributed by atoms with Gasteiger partial charge in [-0.3, -0.25) is 20.2 Å². The molecule has 8 nitrogen and oxygen atoms in total. The van der Waals surface area contributed by atoms with E-state index in [1.165, 1.54) is 11.3 Å². The summed E-state index contributed by atoms with van der Waals surface area (Å²) in [6.45, 7) is 3.81. The summed E-state index contributed by atoms with van der Waals surface area (Å²) in [5.74, 6) is -0.653. The molecule has 2 aromatic rings. The number of hydrogen-bond acceptors (Lipinski definition) is 7. The number of carbonyl (C=O) groups excluding carboxylic acids is 1. The third-order valence-corrected chi connectivity index (χ3v) is 5.26. The number of nitrogens with zero attached hydrogens (tertiary/aromatic N) is 2. The van der Waals surface area contributed by atoms with Crippen LogP contribution in [0.5, 0.6) is 0 Å². The number of aryl methyl sites for hydroxylation is 2. The van der Waals surface area contributed by atoms with E-state index in [0.29, 0.717) is 11.6 Å². The Morgan fingerprint density at radius 2 is 2.04 bits per heavy atom. The quantitative estimate of drug-likeness (QED) is 0.639. The van der Waals surface area contributed by atoms with E-state index in [-0.39, 0.29) is 10.5 Å². The van der Waals surface area contributed by atoms with Crippen molar-refractivity contribution >= 4 is 37.9 Å². The SMILES string of the molecule is CCc1nc(NC(=O)c2cc([N+](=O)[O-])cc(S(C)(=O)=O)c2)sc1C. The van der Waals surface area contributed by atoms with Crippen LogP contribution in [0.3, 0.4) is 0 Å². The summed E-state index contributed by atoms with van der Waals surface area (Å²) in [7, 11) is -3.69. The third kappa shape index (κ3) is 3.95. The number of nitro groups is 1. The van der Waals surface area contributed by atoms with Crippen molar-refractivity contribution in [2.45, 2.75) is 25.2 Å². The Kier molecular flexibility index (Phi) is 4.99. The maximum absolute atomic E-state index is 12.3. The van der Waals surface area contributed by atoms with E-state index in [2.05, 4.69) is 10.3 Å². The molecule has 0 spiro atoms. The Balaban J connectivity index is 2.40. The van der Waals surface area contributed by atoms with Crippen molar-refractivity contribution in [2.24, 2.45) is 0 Å². The Hall–Kier alpha value is -2.33. The van der Waals surface area contributed by atoms with Crippen LogP contribution in [0.15, 0.2) is 23.1 Å². The summed E-state index contributed by atoms with van der Waals surface area (Å²) in [6.07, 6.45) is 1.64. The second-order valence-electron chi connectivity index (χ2n) is 5.07. The van der Waals surface area contributed by atoms with Gasteiger partial charge < -0.3 is 0 Å². The van der Waals surface area contributed by atoms with E-state index in [1.807, 2.05) is 13.8 Å². The van der Waals surface area contributed by atoms with E-state index in [0.717, 1.165) is 35.0 Å². The van der Waals surface area contributed by atoms with Gasteiger partial charge in [-0.1, -0.05) is 6.92 Å². The number of rotatable bonds is 5. The zero-order valence-corrected chi connectivity index (χ0v) is 14.8. The average molecular weight is 369 g/mol. The van der Waals surface area contributed by atoms with E-state index >= 15 is 0 Å². The van der Waals surface area contributed by atoms with Crippen molar-refractivity contribution in [3.63, 3.8) is 0 Å². The largest absolute Gasteiger partial charge is 0.298 e. The first-order valence-corrected chi connectivity index (χ1v) is 9.59. The van der Waals surface area contributed by atoms with Crippen molar-refractivity contribution in [3.8, 4) is 0 Å². The number of thiazole rings is 1. The number of benzene rings is 1. The van der Waals surface area contributed by atoms with Gasteiger partial charge in [-0.05, 0) is 19.4 Å². The molecule has 0 fully saturated rings. The molecule has 0 aliphatic carbocycles. The Morgan fingerprint density at radius 1 is 1.38 bits per heavy atom. The van der Waals surface area contributed by atoms with Crippen LogP contribution in [0.25, 0.3) is 0 Å². The molecule has 1 heterocycles. The van der Waals surface area contributed by atoms with Crippen LogP contribution < -0.4 is 5.32 Å². The molecular formula is C14H15N3O5S2. The lowest BCUT2D eigenvalue weighted by molar-refractivity contribution is -0.385. The molecule has 1 aromatic heterocycles. The second-order valence-corrected chi connectivity index (χ2v) is 8.29. The predicted molar refractivity (Wildman–Crippen MR) is 90.4 cm³/mol. The molecule has 0 saturated heterocycles. The number of nitro benzene ring substituents is 1. The first kappa shape index (κ1) is 18.0. The highest BCUT2D eigenvalue weighted by Crippen LogP contribution is 2.25. The average Bonchev–Trinajstić information content (AvgIpc) is 2.85. The van der Waals surface area contributed by atoms with E-state index < -0.39 is 26.4 Å². The van der Waals surface area contributed by atoms with Crippen LogP contribution in [-0.4, -0.2) is 30.5 Å².